The highest BCUT2D eigenvalue weighted by Crippen LogP contribution is 2.26. The quantitative estimate of drug-likeness (QED) is 0.896. The van der Waals surface area contributed by atoms with Gasteiger partial charge in [-0.3, -0.25) is 4.90 Å². The van der Waals surface area contributed by atoms with Crippen LogP contribution in [0.5, 0.6) is 0 Å². The van der Waals surface area contributed by atoms with Crippen LogP contribution >= 0.6 is 0 Å². The zero-order valence-electron chi connectivity index (χ0n) is 12.1. The summed E-state index contributed by atoms with van der Waals surface area (Å²) in [7, 11) is 0. The number of piperidine rings is 1. The van der Waals surface area contributed by atoms with E-state index in [0.717, 1.165) is 18.6 Å². The number of hydrogen-bond donors (Lipinski definition) is 1. The lowest BCUT2D eigenvalue weighted by Gasteiger charge is -2.40. The van der Waals surface area contributed by atoms with Gasteiger partial charge >= 0.3 is 0 Å². The van der Waals surface area contributed by atoms with Gasteiger partial charge in [-0.1, -0.05) is 31.2 Å². The molecule has 1 aliphatic carbocycles. The Balaban J connectivity index is 1.57. The molecule has 0 bridgehead atoms. The highest BCUT2D eigenvalue weighted by molar-refractivity contribution is 5.30. The highest BCUT2D eigenvalue weighted by atomic mass is 15.2. The lowest BCUT2D eigenvalue weighted by Crippen LogP contribution is -2.48. The largest absolute Gasteiger partial charge is 0.314 e. The van der Waals surface area contributed by atoms with Gasteiger partial charge in [0.2, 0.25) is 0 Å². The Bertz CT molecular complexity index is 407. The molecule has 1 fully saturated rings. The van der Waals surface area contributed by atoms with Crippen LogP contribution in [0.1, 0.15) is 37.3 Å². The van der Waals surface area contributed by atoms with Gasteiger partial charge in [-0.25, -0.2) is 0 Å². The molecule has 19 heavy (non-hydrogen) atoms. The first kappa shape index (κ1) is 13.1. The van der Waals surface area contributed by atoms with Crippen LogP contribution in [0.25, 0.3) is 0 Å². The fourth-order valence-electron chi connectivity index (χ4n) is 3.75. The molecule has 1 N–H and O–H groups in total. The highest BCUT2D eigenvalue weighted by Gasteiger charge is 2.27. The van der Waals surface area contributed by atoms with Gasteiger partial charge in [0.25, 0.3) is 0 Å². The Morgan fingerprint density at radius 3 is 2.58 bits per heavy atom. The van der Waals surface area contributed by atoms with E-state index >= 15 is 0 Å². The fourth-order valence-corrected chi connectivity index (χ4v) is 3.75. The molecule has 0 saturated carbocycles. The van der Waals surface area contributed by atoms with Crippen LogP contribution in [0.15, 0.2) is 24.3 Å². The number of hydrogen-bond acceptors (Lipinski definition) is 2. The third-order valence-corrected chi connectivity index (χ3v) is 4.86. The van der Waals surface area contributed by atoms with Crippen molar-refractivity contribution in [1.82, 2.24) is 10.2 Å². The number of nitrogens with zero attached hydrogens (tertiary/aromatic N) is 1. The van der Waals surface area contributed by atoms with Crippen LogP contribution in [0.2, 0.25) is 0 Å². The normalized spacial score (nSPS) is 25.2. The maximum atomic E-state index is 3.60. The summed E-state index contributed by atoms with van der Waals surface area (Å²) in [5, 5.41) is 3.60. The first-order valence-electron chi connectivity index (χ1n) is 7.91. The van der Waals surface area contributed by atoms with Gasteiger partial charge in [0, 0.05) is 12.1 Å². The molecule has 3 rings (SSSR count). The maximum Gasteiger partial charge on any atom is 0.0139 e. The van der Waals surface area contributed by atoms with E-state index in [0.29, 0.717) is 0 Å². The van der Waals surface area contributed by atoms with Crippen molar-refractivity contribution in [3.63, 3.8) is 0 Å². The van der Waals surface area contributed by atoms with E-state index in [4.69, 9.17) is 0 Å². The molecule has 0 spiro atoms. The van der Waals surface area contributed by atoms with Crippen LogP contribution in [-0.4, -0.2) is 36.6 Å². The minimum Gasteiger partial charge on any atom is -0.314 e. The number of fused-ring (bicyclic) bond motifs is 1. The standard InChI is InChI=1S/C17H26N2/c1-2-18-16-9-11-19(12-10-16)17-8-7-14-5-3-4-6-15(14)13-17/h3-6,16-18H,2,7-13H2,1H3. The maximum absolute atomic E-state index is 3.60. The Labute approximate surface area is 117 Å². The molecule has 1 saturated heterocycles. The van der Waals surface area contributed by atoms with Crippen molar-refractivity contribution in [2.75, 3.05) is 19.6 Å². The summed E-state index contributed by atoms with van der Waals surface area (Å²) >= 11 is 0. The lowest BCUT2D eigenvalue weighted by molar-refractivity contribution is 0.132. The lowest BCUT2D eigenvalue weighted by atomic mass is 9.86. The van der Waals surface area contributed by atoms with Crippen LogP contribution in [-0.2, 0) is 12.8 Å². The summed E-state index contributed by atoms with van der Waals surface area (Å²) in [4.78, 5) is 2.74. The Morgan fingerprint density at radius 1 is 1.11 bits per heavy atom. The minimum atomic E-state index is 0.761. The van der Waals surface area contributed by atoms with E-state index in [1.807, 2.05) is 0 Å². The van der Waals surface area contributed by atoms with E-state index < -0.39 is 0 Å². The second-order valence-corrected chi connectivity index (χ2v) is 6.03. The molecule has 1 aromatic carbocycles. The number of benzene rings is 1. The average molecular weight is 258 g/mol. The van der Waals surface area contributed by atoms with E-state index in [1.54, 1.807) is 11.1 Å². The predicted octanol–water partition coefficient (Wildman–Crippen LogP) is 2.62. The van der Waals surface area contributed by atoms with Gasteiger partial charge in [-0.05, 0) is 62.9 Å². The first-order chi connectivity index (χ1) is 9.36. The average Bonchev–Trinajstić information content (AvgIpc) is 2.48. The van der Waals surface area contributed by atoms with Crippen molar-refractivity contribution in [2.45, 2.75) is 51.1 Å². The van der Waals surface area contributed by atoms with E-state index in [-0.39, 0.29) is 0 Å². The molecule has 1 unspecified atom stereocenters. The second kappa shape index (κ2) is 6.06. The number of likely N-dealkylation sites (tertiary alicyclic amines) is 1. The third kappa shape index (κ3) is 3.01. The summed E-state index contributed by atoms with van der Waals surface area (Å²) in [6, 6.07) is 10.6. The van der Waals surface area contributed by atoms with Gasteiger partial charge < -0.3 is 5.32 Å². The molecule has 1 heterocycles. The van der Waals surface area contributed by atoms with Crippen LogP contribution < -0.4 is 5.32 Å². The summed E-state index contributed by atoms with van der Waals surface area (Å²) < 4.78 is 0. The second-order valence-electron chi connectivity index (χ2n) is 6.03. The molecule has 2 heteroatoms. The summed E-state index contributed by atoms with van der Waals surface area (Å²) in [6.07, 6.45) is 6.54. The van der Waals surface area contributed by atoms with Gasteiger partial charge in [0.15, 0.2) is 0 Å². The zero-order valence-corrected chi connectivity index (χ0v) is 12.1. The molecule has 104 valence electrons. The molecule has 0 aromatic heterocycles. The molecule has 1 aromatic rings. The van der Waals surface area contributed by atoms with Crippen LogP contribution in [0, 0.1) is 0 Å². The molecule has 2 aliphatic rings. The van der Waals surface area contributed by atoms with E-state index in [2.05, 4.69) is 41.4 Å². The van der Waals surface area contributed by atoms with Crippen molar-refractivity contribution in [1.29, 1.82) is 0 Å². The van der Waals surface area contributed by atoms with Crippen LogP contribution in [0.3, 0.4) is 0 Å². The zero-order chi connectivity index (χ0) is 13.1. The summed E-state index contributed by atoms with van der Waals surface area (Å²) in [5.74, 6) is 0. The van der Waals surface area contributed by atoms with Gasteiger partial charge in [0.05, 0.1) is 0 Å². The third-order valence-electron chi connectivity index (χ3n) is 4.86. The van der Waals surface area contributed by atoms with Gasteiger partial charge in [0.1, 0.15) is 0 Å². The molecule has 2 nitrogen and oxygen atoms in total. The van der Waals surface area contributed by atoms with Crippen molar-refractivity contribution in [3.05, 3.63) is 35.4 Å². The fraction of sp³-hybridized carbons (Fsp3) is 0.647. The molecule has 0 amide bonds. The van der Waals surface area contributed by atoms with Crippen molar-refractivity contribution < 1.29 is 0 Å². The first-order valence-corrected chi connectivity index (χ1v) is 7.91. The van der Waals surface area contributed by atoms with Crippen molar-refractivity contribution in [2.24, 2.45) is 0 Å². The van der Waals surface area contributed by atoms with Crippen molar-refractivity contribution in [3.8, 4) is 0 Å². The smallest absolute Gasteiger partial charge is 0.0139 e. The van der Waals surface area contributed by atoms with Crippen molar-refractivity contribution >= 4 is 0 Å². The molecule has 1 aliphatic heterocycles. The Kier molecular flexibility index (Phi) is 4.19. The number of aryl methyl sites for hydroxylation is 1. The van der Waals surface area contributed by atoms with E-state index in [9.17, 15) is 0 Å². The predicted molar refractivity (Wildman–Crippen MR) is 80.5 cm³/mol. The molecular weight excluding hydrogens is 232 g/mol. The number of nitrogens with one attached hydrogen (secondary N) is 1. The molecule has 1 atom stereocenters. The number of rotatable bonds is 3. The SMILES string of the molecule is CCNC1CCN(C2CCc3ccccc3C2)CC1. The van der Waals surface area contributed by atoms with Gasteiger partial charge in [-0.2, -0.15) is 0 Å². The van der Waals surface area contributed by atoms with Crippen LogP contribution in [0.4, 0.5) is 0 Å². The van der Waals surface area contributed by atoms with Gasteiger partial charge in [-0.15, -0.1) is 0 Å². The molecule has 0 radical (unpaired) electrons. The Morgan fingerprint density at radius 2 is 1.84 bits per heavy atom. The minimum absolute atomic E-state index is 0.761. The topological polar surface area (TPSA) is 15.3 Å². The summed E-state index contributed by atoms with van der Waals surface area (Å²) in [5.41, 5.74) is 3.17. The Hall–Kier alpha value is -0.860. The molecular formula is C17H26N2. The summed E-state index contributed by atoms with van der Waals surface area (Å²) in [6.45, 7) is 5.89. The monoisotopic (exact) mass is 258 g/mol. The van der Waals surface area contributed by atoms with E-state index in [1.165, 1.54) is 45.2 Å².